The predicted octanol–water partition coefficient (Wildman–Crippen LogP) is 4.48. The van der Waals surface area contributed by atoms with E-state index >= 15 is 0 Å². The zero-order valence-electron chi connectivity index (χ0n) is 12.0. The standard InChI is InChI=1S/C12H12F10N2/c1-2-3-4-23-8-7(14)9(15,5-6(13)24-8)10(16,11(17,18)19)12(20,21)22/h5,7H,2-4H2,1H3,(H,23,24). The number of hydrogen-bond acceptors (Lipinski definition) is 1. The van der Waals surface area contributed by atoms with Gasteiger partial charge in [0.05, 0.1) is 0 Å². The van der Waals surface area contributed by atoms with Crippen LogP contribution in [0.5, 0.6) is 0 Å². The average molecular weight is 374 g/mol. The molecule has 2 atom stereocenters. The molecule has 0 aromatic rings. The minimum atomic E-state index is -6.90. The second-order valence-electron chi connectivity index (χ2n) is 5.02. The molecule has 2 unspecified atom stereocenters. The first-order valence-corrected chi connectivity index (χ1v) is 6.57. The molecule has 0 saturated carbocycles. The molecule has 140 valence electrons. The monoisotopic (exact) mass is 374 g/mol. The van der Waals surface area contributed by atoms with Gasteiger partial charge in [-0.25, -0.2) is 13.2 Å². The smallest absolute Gasteiger partial charge is 0.318 e. The Morgan fingerprint density at radius 2 is 1.62 bits per heavy atom. The summed E-state index contributed by atoms with van der Waals surface area (Å²) in [6.45, 7) is 1.29. The van der Waals surface area contributed by atoms with Gasteiger partial charge in [0.25, 0.3) is 0 Å². The molecule has 1 N–H and O–H groups in total. The lowest BCUT2D eigenvalue weighted by Gasteiger charge is -2.42. The molecule has 1 heterocycles. The van der Waals surface area contributed by atoms with Crippen molar-refractivity contribution in [2.45, 2.75) is 49.6 Å². The van der Waals surface area contributed by atoms with Gasteiger partial charge in [-0.05, 0) is 6.42 Å². The third kappa shape index (κ3) is 3.18. The van der Waals surface area contributed by atoms with Crippen molar-refractivity contribution in [2.24, 2.45) is 4.99 Å². The first kappa shape index (κ1) is 20.6. The van der Waals surface area contributed by atoms with Crippen molar-refractivity contribution < 1.29 is 43.9 Å². The SMILES string of the molecule is CCCCN=C1NC(F)=CC(F)(C(F)(C(F)(F)F)C(F)(F)F)C1F. The lowest BCUT2D eigenvalue weighted by molar-refractivity contribution is -0.373. The number of allylic oxidation sites excluding steroid dienone is 1. The highest BCUT2D eigenvalue weighted by atomic mass is 19.4. The molecule has 0 aromatic carbocycles. The topological polar surface area (TPSA) is 24.4 Å². The molecule has 0 aromatic heterocycles. The maximum absolute atomic E-state index is 14.4. The second kappa shape index (κ2) is 6.43. The van der Waals surface area contributed by atoms with Gasteiger partial charge >= 0.3 is 18.0 Å². The van der Waals surface area contributed by atoms with Crippen LogP contribution in [0.2, 0.25) is 0 Å². The normalized spacial score (nSPS) is 27.9. The molecule has 0 amide bonds. The summed E-state index contributed by atoms with van der Waals surface area (Å²) in [5.41, 5.74) is -12.1. The summed E-state index contributed by atoms with van der Waals surface area (Å²) >= 11 is 0. The molecule has 1 aliphatic heterocycles. The maximum Gasteiger partial charge on any atom is 0.435 e. The Hall–Kier alpha value is -1.49. The van der Waals surface area contributed by atoms with E-state index in [1.54, 1.807) is 6.92 Å². The molecule has 24 heavy (non-hydrogen) atoms. The number of halogens is 10. The number of aliphatic imine (C=N–C) groups is 1. The molecule has 1 rings (SSSR count). The average Bonchev–Trinajstić information content (AvgIpc) is 2.40. The molecular weight excluding hydrogens is 362 g/mol. The predicted molar refractivity (Wildman–Crippen MR) is 64.2 cm³/mol. The van der Waals surface area contributed by atoms with Crippen LogP contribution >= 0.6 is 0 Å². The number of unbranched alkanes of at least 4 members (excludes halogenated alkanes) is 1. The molecule has 1 aliphatic rings. The maximum atomic E-state index is 14.4. The fourth-order valence-corrected chi connectivity index (χ4v) is 2.02. The van der Waals surface area contributed by atoms with Crippen molar-refractivity contribution >= 4 is 5.84 Å². The first-order chi connectivity index (χ1) is 10.7. The van der Waals surface area contributed by atoms with E-state index in [9.17, 15) is 43.9 Å². The van der Waals surface area contributed by atoms with Gasteiger partial charge in [0, 0.05) is 12.6 Å². The molecule has 0 fully saturated rings. The number of hydrogen-bond donors (Lipinski definition) is 1. The van der Waals surface area contributed by atoms with Crippen molar-refractivity contribution in [3.63, 3.8) is 0 Å². The Morgan fingerprint density at radius 3 is 2.04 bits per heavy atom. The molecule has 2 nitrogen and oxygen atoms in total. The number of nitrogens with one attached hydrogen (secondary N) is 1. The van der Waals surface area contributed by atoms with Crippen molar-refractivity contribution in [3.8, 4) is 0 Å². The van der Waals surface area contributed by atoms with E-state index in [1.807, 2.05) is 0 Å². The lowest BCUT2D eigenvalue weighted by Crippen LogP contribution is -2.71. The molecule has 0 aliphatic carbocycles. The van der Waals surface area contributed by atoms with E-state index in [2.05, 4.69) is 4.99 Å². The minimum absolute atomic E-state index is 0.210. The Kier molecular flexibility index (Phi) is 5.51. The first-order valence-electron chi connectivity index (χ1n) is 6.57. The number of nitrogens with zero attached hydrogens (tertiary/aromatic N) is 1. The van der Waals surface area contributed by atoms with Gasteiger partial charge in [-0.2, -0.15) is 30.7 Å². The van der Waals surface area contributed by atoms with E-state index in [-0.39, 0.29) is 13.0 Å². The van der Waals surface area contributed by atoms with Crippen LogP contribution < -0.4 is 5.32 Å². The lowest BCUT2D eigenvalue weighted by atomic mass is 9.79. The Bertz CT molecular complexity index is 507. The Labute approximate surface area is 129 Å². The summed E-state index contributed by atoms with van der Waals surface area (Å²) < 4.78 is 132. The summed E-state index contributed by atoms with van der Waals surface area (Å²) in [7, 11) is 0. The summed E-state index contributed by atoms with van der Waals surface area (Å²) in [6, 6.07) is 0. The fraction of sp³-hybridized carbons (Fsp3) is 0.750. The summed E-state index contributed by atoms with van der Waals surface area (Å²) in [6.07, 6.45) is -18.0. The summed E-state index contributed by atoms with van der Waals surface area (Å²) in [5.74, 6) is -3.60. The number of rotatable bonds is 4. The highest BCUT2D eigenvalue weighted by Gasteiger charge is 2.85. The molecule has 0 bridgehead atoms. The van der Waals surface area contributed by atoms with E-state index in [0.717, 1.165) is 0 Å². The molecule has 0 saturated heterocycles. The largest absolute Gasteiger partial charge is 0.435 e. The van der Waals surface area contributed by atoms with Gasteiger partial charge in [-0.3, -0.25) is 4.99 Å². The van der Waals surface area contributed by atoms with Crippen LogP contribution in [-0.4, -0.2) is 42.2 Å². The van der Waals surface area contributed by atoms with Gasteiger partial charge in [0.2, 0.25) is 5.67 Å². The minimum Gasteiger partial charge on any atom is -0.318 e. The van der Waals surface area contributed by atoms with Gasteiger partial charge < -0.3 is 5.32 Å². The van der Waals surface area contributed by atoms with Crippen LogP contribution in [0.1, 0.15) is 19.8 Å². The molecule has 0 radical (unpaired) electrons. The van der Waals surface area contributed by atoms with Crippen LogP contribution in [0.4, 0.5) is 43.9 Å². The highest BCUT2D eigenvalue weighted by molar-refractivity contribution is 5.91. The van der Waals surface area contributed by atoms with Crippen LogP contribution in [0.3, 0.4) is 0 Å². The van der Waals surface area contributed by atoms with E-state index in [0.29, 0.717) is 6.42 Å². The third-order valence-corrected chi connectivity index (χ3v) is 3.30. The van der Waals surface area contributed by atoms with Crippen LogP contribution in [0.15, 0.2) is 17.0 Å². The summed E-state index contributed by atoms with van der Waals surface area (Å²) in [4.78, 5) is 3.19. The summed E-state index contributed by atoms with van der Waals surface area (Å²) in [5, 5.41) is 1.38. The molecule has 12 heteroatoms. The van der Waals surface area contributed by atoms with Gasteiger partial charge in [-0.15, -0.1) is 0 Å². The van der Waals surface area contributed by atoms with Crippen molar-refractivity contribution in [1.82, 2.24) is 5.32 Å². The van der Waals surface area contributed by atoms with E-state index in [4.69, 9.17) is 0 Å². The van der Waals surface area contributed by atoms with Crippen LogP contribution in [0, 0.1) is 0 Å². The van der Waals surface area contributed by atoms with Gasteiger partial charge in [0.15, 0.2) is 12.1 Å². The van der Waals surface area contributed by atoms with Crippen LogP contribution in [-0.2, 0) is 0 Å². The number of alkyl halides is 9. The second-order valence-corrected chi connectivity index (χ2v) is 5.02. The van der Waals surface area contributed by atoms with Gasteiger partial charge in [-0.1, -0.05) is 13.3 Å². The van der Waals surface area contributed by atoms with E-state index < -0.39 is 47.7 Å². The zero-order valence-corrected chi connectivity index (χ0v) is 12.0. The van der Waals surface area contributed by atoms with E-state index in [1.165, 1.54) is 5.32 Å². The van der Waals surface area contributed by atoms with Crippen molar-refractivity contribution in [1.29, 1.82) is 0 Å². The third-order valence-electron chi connectivity index (χ3n) is 3.30. The van der Waals surface area contributed by atoms with Crippen molar-refractivity contribution in [3.05, 3.63) is 12.0 Å². The molecule has 0 spiro atoms. The van der Waals surface area contributed by atoms with Crippen LogP contribution in [0.25, 0.3) is 0 Å². The van der Waals surface area contributed by atoms with Crippen molar-refractivity contribution in [2.75, 3.05) is 6.54 Å². The highest BCUT2D eigenvalue weighted by Crippen LogP contribution is 2.57. The molecular formula is C12H12F10N2. The Morgan fingerprint density at radius 1 is 1.12 bits per heavy atom. The van der Waals surface area contributed by atoms with Gasteiger partial charge in [0.1, 0.15) is 5.84 Å². The zero-order chi connectivity index (χ0) is 19.0. The number of amidine groups is 1. The Balaban J connectivity index is 3.51. The quantitative estimate of drug-likeness (QED) is 0.438. The fourth-order valence-electron chi connectivity index (χ4n) is 2.02.